The molecule has 15 heavy (non-hydrogen) atoms. The maximum absolute atomic E-state index is 10.7. The highest BCUT2D eigenvalue weighted by atomic mass is 35.5. The summed E-state index contributed by atoms with van der Waals surface area (Å²) in [4.78, 5) is 20.9. The van der Waals surface area contributed by atoms with E-state index in [1.807, 2.05) is 18.2 Å². The third-order valence-corrected chi connectivity index (χ3v) is 2.29. The van der Waals surface area contributed by atoms with Gasteiger partial charge in [0.15, 0.2) is 0 Å². The van der Waals surface area contributed by atoms with Gasteiger partial charge in [-0.25, -0.2) is 0 Å². The maximum atomic E-state index is 10.7. The number of allylic oxidation sites excluding steroid dienone is 1. The third kappa shape index (κ3) is 3.68. The zero-order valence-electron chi connectivity index (χ0n) is 8.15. The minimum Gasteiger partial charge on any atom is -0.303 e. The van der Waals surface area contributed by atoms with Crippen molar-refractivity contribution in [2.75, 3.05) is 0 Å². The lowest BCUT2D eigenvalue weighted by atomic mass is 10.1. The molecule has 78 valence electrons. The van der Waals surface area contributed by atoms with E-state index >= 15 is 0 Å². The topological polar surface area (TPSA) is 34.1 Å². The van der Waals surface area contributed by atoms with E-state index < -0.39 is 0 Å². The molecule has 3 heteroatoms. The monoisotopic (exact) mass is 222 g/mol. The highest BCUT2D eigenvalue weighted by Gasteiger charge is 1.99. The average molecular weight is 223 g/mol. The molecule has 0 radical (unpaired) electrons. The van der Waals surface area contributed by atoms with Crippen LogP contribution in [0.5, 0.6) is 0 Å². The molecule has 0 saturated heterocycles. The van der Waals surface area contributed by atoms with Gasteiger partial charge in [-0.3, -0.25) is 4.79 Å². The summed E-state index contributed by atoms with van der Waals surface area (Å²) in [6, 6.07) is 7.26. The van der Waals surface area contributed by atoms with Gasteiger partial charge in [0.1, 0.15) is 12.6 Å². The van der Waals surface area contributed by atoms with Crippen molar-refractivity contribution in [1.29, 1.82) is 0 Å². The minimum atomic E-state index is 0.356. The molecule has 1 rings (SSSR count). The van der Waals surface area contributed by atoms with Crippen molar-refractivity contribution >= 4 is 30.2 Å². The second kappa shape index (κ2) is 6.14. The minimum absolute atomic E-state index is 0.356. The average Bonchev–Trinajstić information content (AvgIpc) is 2.26. The largest absolute Gasteiger partial charge is 0.303 e. The van der Waals surface area contributed by atoms with Crippen LogP contribution in [0.3, 0.4) is 0 Å². The van der Waals surface area contributed by atoms with Gasteiger partial charge in [-0.1, -0.05) is 29.8 Å². The standard InChI is InChI=1S/C12H11ClO2/c13-12-6-2-1-5-11(12)8-10(9-15)4-3-7-14/h1-2,5-9H,3-4H2/b10-8+. The van der Waals surface area contributed by atoms with Gasteiger partial charge < -0.3 is 4.79 Å². The first kappa shape index (κ1) is 11.7. The molecule has 0 aliphatic rings. The Balaban J connectivity index is 2.87. The van der Waals surface area contributed by atoms with E-state index in [4.69, 9.17) is 11.6 Å². The fourth-order valence-corrected chi connectivity index (χ4v) is 1.37. The molecular weight excluding hydrogens is 212 g/mol. The number of benzene rings is 1. The fourth-order valence-electron chi connectivity index (χ4n) is 1.18. The quantitative estimate of drug-likeness (QED) is 0.567. The summed E-state index contributed by atoms with van der Waals surface area (Å²) in [7, 11) is 0. The van der Waals surface area contributed by atoms with E-state index in [0.717, 1.165) is 18.1 Å². The van der Waals surface area contributed by atoms with Gasteiger partial charge in [0.2, 0.25) is 0 Å². The van der Waals surface area contributed by atoms with Gasteiger partial charge >= 0.3 is 0 Å². The molecule has 0 heterocycles. The number of hydrogen-bond acceptors (Lipinski definition) is 2. The van der Waals surface area contributed by atoms with Gasteiger partial charge in [0, 0.05) is 11.4 Å². The normalized spacial score (nSPS) is 11.1. The number of carbonyl (C=O) groups is 2. The summed E-state index contributed by atoms with van der Waals surface area (Å²) in [6.45, 7) is 0. The summed E-state index contributed by atoms with van der Waals surface area (Å²) in [6.07, 6.45) is 4.07. The second-order valence-electron chi connectivity index (χ2n) is 3.06. The van der Waals surface area contributed by atoms with Crippen LogP contribution < -0.4 is 0 Å². The summed E-state index contributed by atoms with van der Waals surface area (Å²) in [5.41, 5.74) is 1.38. The van der Waals surface area contributed by atoms with Crippen molar-refractivity contribution in [1.82, 2.24) is 0 Å². The molecule has 0 aliphatic heterocycles. The van der Waals surface area contributed by atoms with Crippen LogP contribution in [0.25, 0.3) is 6.08 Å². The van der Waals surface area contributed by atoms with Gasteiger partial charge in [-0.15, -0.1) is 0 Å². The molecule has 0 aliphatic carbocycles. The zero-order valence-corrected chi connectivity index (χ0v) is 8.91. The van der Waals surface area contributed by atoms with Crippen molar-refractivity contribution in [2.45, 2.75) is 12.8 Å². The van der Waals surface area contributed by atoms with Crippen LogP contribution in [-0.4, -0.2) is 12.6 Å². The van der Waals surface area contributed by atoms with E-state index in [0.29, 0.717) is 23.4 Å². The van der Waals surface area contributed by atoms with Crippen molar-refractivity contribution < 1.29 is 9.59 Å². The smallest absolute Gasteiger partial charge is 0.146 e. The van der Waals surface area contributed by atoms with Crippen LogP contribution in [0.2, 0.25) is 5.02 Å². The maximum Gasteiger partial charge on any atom is 0.146 e. The van der Waals surface area contributed by atoms with E-state index in [1.165, 1.54) is 0 Å². The summed E-state index contributed by atoms with van der Waals surface area (Å²) in [5.74, 6) is 0. The van der Waals surface area contributed by atoms with Gasteiger partial charge in [-0.05, 0) is 29.7 Å². The molecule has 0 spiro atoms. The Kier molecular flexibility index (Phi) is 4.78. The van der Waals surface area contributed by atoms with Crippen LogP contribution in [-0.2, 0) is 9.59 Å². The Morgan fingerprint density at radius 3 is 2.60 bits per heavy atom. The molecule has 2 nitrogen and oxygen atoms in total. The van der Waals surface area contributed by atoms with Gasteiger partial charge in [-0.2, -0.15) is 0 Å². The molecule has 0 aromatic heterocycles. The predicted octanol–water partition coefficient (Wildman–Crippen LogP) is 2.90. The van der Waals surface area contributed by atoms with Crippen molar-refractivity contribution in [3.63, 3.8) is 0 Å². The molecular formula is C12H11ClO2. The second-order valence-corrected chi connectivity index (χ2v) is 3.47. The summed E-state index contributed by atoms with van der Waals surface area (Å²) in [5, 5.41) is 0.600. The highest BCUT2D eigenvalue weighted by Crippen LogP contribution is 2.18. The summed E-state index contributed by atoms with van der Waals surface area (Å²) < 4.78 is 0. The van der Waals surface area contributed by atoms with Crippen molar-refractivity contribution in [3.8, 4) is 0 Å². The van der Waals surface area contributed by atoms with E-state index in [1.54, 1.807) is 12.1 Å². The Bertz CT molecular complexity index is 383. The Labute approximate surface area is 93.6 Å². The van der Waals surface area contributed by atoms with Crippen molar-refractivity contribution in [2.24, 2.45) is 0 Å². The number of aldehydes is 2. The Morgan fingerprint density at radius 1 is 1.27 bits per heavy atom. The van der Waals surface area contributed by atoms with Gasteiger partial charge in [0.25, 0.3) is 0 Å². The molecule has 0 unspecified atom stereocenters. The first-order valence-corrected chi connectivity index (χ1v) is 4.99. The molecule has 0 N–H and O–H groups in total. The Hall–Kier alpha value is -1.41. The van der Waals surface area contributed by atoms with Gasteiger partial charge in [0.05, 0.1) is 0 Å². The van der Waals surface area contributed by atoms with Crippen molar-refractivity contribution in [3.05, 3.63) is 40.4 Å². The molecule has 1 aromatic rings. The fraction of sp³-hybridized carbons (Fsp3) is 0.167. The number of rotatable bonds is 5. The lowest BCUT2D eigenvalue weighted by molar-refractivity contribution is -0.107. The number of halogens is 1. The van der Waals surface area contributed by atoms with Crippen LogP contribution >= 0.6 is 11.6 Å². The predicted molar refractivity (Wildman–Crippen MR) is 60.8 cm³/mol. The molecule has 0 saturated carbocycles. The first-order chi connectivity index (χ1) is 7.27. The third-order valence-electron chi connectivity index (χ3n) is 1.95. The number of hydrogen-bond donors (Lipinski definition) is 0. The van der Waals surface area contributed by atoms with Crippen LogP contribution in [0.1, 0.15) is 18.4 Å². The molecule has 0 fully saturated rings. The van der Waals surface area contributed by atoms with Crippen LogP contribution in [0.4, 0.5) is 0 Å². The van der Waals surface area contributed by atoms with E-state index in [2.05, 4.69) is 0 Å². The van der Waals surface area contributed by atoms with Crippen LogP contribution in [0.15, 0.2) is 29.8 Å². The Morgan fingerprint density at radius 2 is 2.00 bits per heavy atom. The molecule has 0 atom stereocenters. The van der Waals surface area contributed by atoms with Crippen LogP contribution in [0, 0.1) is 0 Å². The molecule has 0 bridgehead atoms. The zero-order chi connectivity index (χ0) is 11.1. The number of carbonyl (C=O) groups excluding carboxylic acids is 2. The lowest BCUT2D eigenvalue weighted by Crippen LogP contribution is -1.87. The lowest BCUT2D eigenvalue weighted by Gasteiger charge is -1.99. The van der Waals surface area contributed by atoms with E-state index in [9.17, 15) is 9.59 Å². The molecule has 1 aromatic carbocycles. The highest BCUT2D eigenvalue weighted by molar-refractivity contribution is 6.32. The molecule has 0 amide bonds. The summed E-state index contributed by atoms with van der Waals surface area (Å²) >= 11 is 5.93. The van der Waals surface area contributed by atoms with E-state index in [-0.39, 0.29) is 0 Å². The SMILES string of the molecule is O=CCC/C(C=O)=C\c1ccccc1Cl. The first-order valence-electron chi connectivity index (χ1n) is 4.62.